The van der Waals surface area contributed by atoms with Crippen molar-refractivity contribution in [2.24, 2.45) is 0 Å². The Morgan fingerprint density at radius 3 is 2.67 bits per heavy atom. The number of ether oxygens (including phenoxy) is 1. The highest BCUT2D eigenvalue weighted by Crippen LogP contribution is 2.30. The van der Waals surface area contributed by atoms with Gasteiger partial charge in [0.15, 0.2) is 6.23 Å². The van der Waals surface area contributed by atoms with Crippen LogP contribution in [0.1, 0.15) is 17.5 Å². The smallest absolute Gasteiger partial charge is 0.177 e. The van der Waals surface area contributed by atoms with Crippen molar-refractivity contribution in [3.63, 3.8) is 0 Å². The Morgan fingerprint density at radius 2 is 1.88 bits per heavy atom. The fourth-order valence-corrected chi connectivity index (χ4v) is 2.88. The van der Waals surface area contributed by atoms with Crippen LogP contribution in [-0.2, 0) is 11.3 Å². The molecule has 1 fully saturated rings. The average molecular weight is 324 g/mol. The minimum atomic E-state index is -0.240. The molecule has 0 bridgehead atoms. The SMILES string of the molecule is Fc1ccc(Cn2cc(C3OCCN3c3ccccc3)nn2)cc1. The van der Waals surface area contributed by atoms with Crippen molar-refractivity contribution in [2.75, 3.05) is 18.1 Å². The second-order valence-electron chi connectivity index (χ2n) is 5.72. The van der Waals surface area contributed by atoms with Crippen molar-refractivity contribution in [3.8, 4) is 0 Å². The van der Waals surface area contributed by atoms with Gasteiger partial charge in [-0.15, -0.1) is 5.10 Å². The van der Waals surface area contributed by atoms with Gasteiger partial charge < -0.3 is 9.64 Å². The van der Waals surface area contributed by atoms with Crippen LogP contribution in [0.15, 0.2) is 60.8 Å². The van der Waals surface area contributed by atoms with Gasteiger partial charge in [-0.2, -0.15) is 0 Å². The summed E-state index contributed by atoms with van der Waals surface area (Å²) in [6, 6.07) is 16.5. The van der Waals surface area contributed by atoms with E-state index in [1.807, 2.05) is 24.4 Å². The second kappa shape index (κ2) is 6.41. The number of hydrogen-bond acceptors (Lipinski definition) is 4. The van der Waals surface area contributed by atoms with Crippen LogP contribution in [0.25, 0.3) is 0 Å². The lowest BCUT2D eigenvalue weighted by molar-refractivity contribution is 0.110. The van der Waals surface area contributed by atoms with Crippen LogP contribution in [0, 0.1) is 5.82 Å². The summed E-state index contributed by atoms with van der Waals surface area (Å²) in [5.41, 5.74) is 2.85. The maximum Gasteiger partial charge on any atom is 0.177 e. The molecule has 2 aromatic carbocycles. The highest BCUT2D eigenvalue weighted by atomic mass is 19.1. The van der Waals surface area contributed by atoms with Gasteiger partial charge in [-0.3, -0.25) is 0 Å². The summed E-state index contributed by atoms with van der Waals surface area (Å²) in [4.78, 5) is 2.17. The summed E-state index contributed by atoms with van der Waals surface area (Å²) in [6.45, 7) is 2.02. The molecular formula is C18H17FN4O. The Bertz CT molecular complexity index is 803. The van der Waals surface area contributed by atoms with E-state index in [9.17, 15) is 4.39 Å². The van der Waals surface area contributed by atoms with Crippen LogP contribution in [0.2, 0.25) is 0 Å². The maximum absolute atomic E-state index is 13.0. The average Bonchev–Trinajstić information content (AvgIpc) is 3.27. The van der Waals surface area contributed by atoms with Crippen molar-refractivity contribution in [1.29, 1.82) is 0 Å². The highest BCUT2D eigenvalue weighted by molar-refractivity contribution is 5.48. The minimum absolute atomic E-state index is 0.227. The summed E-state index contributed by atoms with van der Waals surface area (Å²) in [5.74, 6) is -0.240. The zero-order valence-electron chi connectivity index (χ0n) is 13.0. The van der Waals surface area contributed by atoms with Gasteiger partial charge in [0, 0.05) is 12.2 Å². The molecule has 1 saturated heterocycles. The van der Waals surface area contributed by atoms with Gasteiger partial charge in [0.05, 0.1) is 19.3 Å². The number of halogens is 1. The van der Waals surface area contributed by atoms with E-state index >= 15 is 0 Å². The number of anilines is 1. The Balaban J connectivity index is 1.52. The molecule has 2 heterocycles. The number of para-hydroxylation sites is 1. The first-order valence-corrected chi connectivity index (χ1v) is 7.87. The zero-order chi connectivity index (χ0) is 16.4. The summed E-state index contributed by atoms with van der Waals surface area (Å²) in [5, 5.41) is 8.43. The molecule has 0 amide bonds. The molecule has 0 aliphatic carbocycles. The van der Waals surface area contributed by atoms with E-state index in [2.05, 4.69) is 27.3 Å². The predicted octanol–water partition coefficient (Wildman–Crippen LogP) is 3.00. The van der Waals surface area contributed by atoms with Crippen LogP contribution >= 0.6 is 0 Å². The molecule has 5 nitrogen and oxygen atoms in total. The molecule has 1 aliphatic rings. The Kier molecular flexibility index (Phi) is 3.96. The fraction of sp³-hybridized carbons (Fsp3) is 0.222. The summed E-state index contributed by atoms with van der Waals surface area (Å²) in [6.07, 6.45) is 1.66. The molecule has 6 heteroatoms. The van der Waals surface area contributed by atoms with Crippen molar-refractivity contribution in [3.05, 3.63) is 77.9 Å². The van der Waals surface area contributed by atoms with E-state index in [-0.39, 0.29) is 12.0 Å². The van der Waals surface area contributed by atoms with Gasteiger partial charge in [-0.1, -0.05) is 35.5 Å². The minimum Gasteiger partial charge on any atom is -0.350 e. The summed E-state index contributed by atoms with van der Waals surface area (Å²) >= 11 is 0. The van der Waals surface area contributed by atoms with Gasteiger partial charge in [-0.25, -0.2) is 9.07 Å². The second-order valence-corrected chi connectivity index (χ2v) is 5.72. The monoisotopic (exact) mass is 324 g/mol. The molecule has 1 aliphatic heterocycles. The molecule has 24 heavy (non-hydrogen) atoms. The van der Waals surface area contributed by atoms with Gasteiger partial charge in [0.2, 0.25) is 0 Å². The van der Waals surface area contributed by atoms with E-state index in [0.717, 1.165) is 23.5 Å². The number of nitrogens with zero attached hydrogens (tertiary/aromatic N) is 4. The van der Waals surface area contributed by atoms with Crippen LogP contribution < -0.4 is 4.90 Å². The quantitative estimate of drug-likeness (QED) is 0.740. The lowest BCUT2D eigenvalue weighted by Gasteiger charge is -2.23. The molecule has 4 rings (SSSR count). The Morgan fingerprint density at radius 1 is 1.08 bits per heavy atom. The summed E-state index contributed by atoms with van der Waals surface area (Å²) < 4.78 is 20.6. The third kappa shape index (κ3) is 3.00. The van der Waals surface area contributed by atoms with Crippen LogP contribution in [0.3, 0.4) is 0 Å². The molecule has 1 aromatic heterocycles. The number of aromatic nitrogens is 3. The molecule has 1 unspecified atom stereocenters. The summed E-state index contributed by atoms with van der Waals surface area (Å²) in [7, 11) is 0. The lowest BCUT2D eigenvalue weighted by Crippen LogP contribution is -2.23. The Labute approximate surface area is 139 Å². The van der Waals surface area contributed by atoms with Crippen molar-refractivity contribution >= 4 is 5.69 Å². The van der Waals surface area contributed by atoms with E-state index in [4.69, 9.17) is 4.74 Å². The van der Waals surface area contributed by atoms with E-state index < -0.39 is 0 Å². The standard InChI is InChI=1S/C18H17FN4O/c19-15-8-6-14(7-9-15)12-22-13-17(20-21-22)18-23(10-11-24-18)16-4-2-1-3-5-16/h1-9,13,18H,10-12H2. The fourth-order valence-electron chi connectivity index (χ4n) is 2.88. The zero-order valence-corrected chi connectivity index (χ0v) is 13.0. The number of benzene rings is 2. The Hall–Kier alpha value is -2.73. The van der Waals surface area contributed by atoms with Crippen LogP contribution in [0.5, 0.6) is 0 Å². The molecule has 0 saturated carbocycles. The largest absolute Gasteiger partial charge is 0.350 e. The van der Waals surface area contributed by atoms with Gasteiger partial charge >= 0.3 is 0 Å². The van der Waals surface area contributed by atoms with E-state index in [1.165, 1.54) is 12.1 Å². The third-order valence-corrected chi connectivity index (χ3v) is 4.05. The first-order valence-electron chi connectivity index (χ1n) is 7.87. The van der Waals surface area contributed by atoms with Gasteiger partial charge in [-0.05, 0) is 29.8 Å². The molecule has 1 atom stereocenters. The first kappa shape index (κ1) is 14.8. The molecular weight excluding hydrogens is 307 g/mol. The maximum atomic E-state index is 13.0. The molecule has 0 N–H and O–H groups in total. The van der Waals surface area contributed by atoms with Gasteiger partial charge in [0.1, 0.15) is 11.5 Å². The molecule has 0 spiro atoms. The lowest BCUT2D eigenvalue weighted by atomic mass is 10.2. The molecule has 0 radical (unpaired) electrons. The number of hydrogen-bond donors (Lipinski definition) is 0. The van der Waals surface area contributed by atoms with Crippen molar-refractivity contribution in [1.82, 2.24) is 15.0 Å². The van der Waals surface area contributed by atoms with Crippen LogP contribution in [0.4, 0.5) is 10.1 Å². The number of rotatable bonds is 4. The molecule has 122 valence electrons. The predicted molar refractivity (Wildman–Crippen MR) is 88.0 cm³/mol. The molecule has 3 aromatic rings. The van der Waals surface area contributed by atoms with Crippen molar-refractivity contribution < 1.29 is 9.13 Å². The van der Waals surface area contributed by atoms with E-state index in [0.29, 0.717) is 13.2 Å². The van der Waals surface area contributed by atoms with Crippen molar-refractivity contribution in [2.45, 2.75) is 12.8 Å². The van der Waals surface area contributed by atoms with Gasteiger partial charge in [0.25, 0.3) is 0 Å². The first-order chi connectivity index (χ1) is 11.8. The van der Waals surface area contributed by atoms with E-state index in [1.54, 1.807) is 16.8 Å². The topological polar surface area (TPSA) is 43.2 Å². The third-order valence-electron chi connectivity index (χ3n) is 4.05. The normalized spacial score (nSPS) is 17.4. The highest BCUT2D eigenvalue weighted by Gasteiger charge is 2.29. The van der Waals surface area contributed by atoms with Crippen LogP contribution in [-0.4, -0.2) is 28.1 Å².